The first-order valence-corrected chi connectivity index (χ1v) is 4.55. The number of hydrogen-bond donors (Lipinski definition) is 1. The molecule has 3 nitrogen and oxygen atoms in total. The first-order chi connectivity index (χ1) is 6.25. The van der Waals surface area contributed by atoms with Crippen molar-refractivity contribution in [3.8, 4) is 0 Å². The number of aromatic nitrogens is 1. The minimum atomic E-state index is -0.168. The van der Waals surface area contributed by atoms with E-state index in [1.54, 1.807) is 12.3 Å². The van der Waals surface area contributed by atoms with Crippen LogP contribution in [0.1, 0.15) is 16.1 Å². The molecule has 13 heavy (non-hydrogen) atoms. The molecule has 1 amide bonds. The first-order valence-electron chi connectivity index (χ1n) is 4.01. The molecule has 1 heterocycles. The van der Waals surface area contributed by atoms with Crippen molar-refractivity contribution < 1.29 is 4.79 Å². The maximum absolute atomic E-state index is 11.4. The van der Waals surface area contributed by atoms with Gasteiger partial charge in [-0.05, 0) is 18.6 Å². The Morgan fingerprint density at radius 1 is 1.69 bits per heavy atom. The highest BCUT2D eigenvalue weighted by Gasteiger charge is 2.07. The quantitative estimate of drug-likeness (QED) is 0.746. The molecule has 0 aliphatic rings. The maximum Gasteiger partial charge on any atom is 0.270 e. The number of halogens is 1. The van der Waals surface area contributed by atoms with E-state index in [0.29, 0.717) is 18.1 Å². The number of alkyl halides is 1. The van der Waals surface area contributed by atoms with Crippen molar-refractivity contribution in [1.29, 1.82) is 0 Å². The molecule has 1 aromatic rings. The van der Waals surface area contributed by atoms with E-state index in [1.165, 1.54) is 0 Å². The molecular formula is C9H11ClN2O. The number of hydrogen-bond acceptors (Lipinski definition) is 2. The van der Waals surface area contributed by atoms with Crippen molar-refractivity contribution in [3.05, 3.63) is 29.6 Å². The Kier molecular flexibility index (Phi) is 3.71. The SMILES string of the molecule is Cc1cccnc1C(=O)NCCCl. The van der Waals surface area contributed by atoms with Crippen molar-refractivity contribution in [2.45, 2.75) is 6.92 Å². The summed E-state index contributed by atoms with van der Waals surface area (Å²) in [6.07, 6.45) is 1.60. The van der Waals surface area contributed by atoms with Gasteiger partial charge in [-0.15, -0.1) is 11.6 Å². The normalized spacial score (nSPS) is 9.69. The van der Waals surface area contributed by atoms with Crippen molar-refractivity contribution in [2.24, 2.45) is 0 Å². The second-order valence-corrected chi connectivity index (χ2v) is 2.99. The molecule has 0 radical (unpaired) electrons. The highest BCUT2D eigenvalue weighted by atomic mass is 35.5. The Hall–Kier alpha value is -1.09. The summed E-state index contributed by atoms with van der Waals surface area (Å²) in [4.78, 5) is 15.4. The molecule has 0 spiro atoms. The van der Waals surface area contributed by atoms with E-state index in [1.807, 2.05) is 13.0 Å². The standard InChI is InChI=1S/C9H11ClN2O/c1-7-3-2-5-11-8(7)9(13)12-6-4-10/h2-3,5H,4,6H2,1H3,(H,12,13). The smallest absolute Gasteiger partial charge is 0.270 e. The van der Waals surface area contributed by atoms with Crippen molar-refractivity contribution in [1.82, 2.24) is 10.3 Å². The van der Waals surface area contributed by atoms with E-state index in [0.717, 1.165) is 5.56 Å². The van der Waals surface area contributed by atoms with Crippen LogP contribution in [-0.2, 0) is 0 Å². The average molecular weight is 199 g/mol. The van der Waals surface area contributed by atoms with Gasteiger partial charge in [0.25, 0.3) is 5.91 Å². The summed E-state index contributed by atoms with van der Waals surface area (Å²) in [5.41, 5.74) is 1.34. The Morgan fingerprint density at radius 2 is 2.46 bits per heavy atom. The maximum atomic E-state index is 11.4. The predicted molar refractivity (Wildman–Crippen MR) is 52.0 cm³/mol. The Balaban J connectivity index is 2.71. The number of amides is 1. The third kappa shape index (κ3) is 2.70. The van der Waals surface area contributed by atoms with Gasteiger partial charge < -0.3 is 5.32 Å². The van der Waals surface area contributed by atoms with E-state index in [-0.39, 0.29) is 5.91 Å². The summed E-state index contributed by atoms with van der Waals surface area (Å²) < 4.78 is 0. The molecule has 0 atom stereocenters. The largest absolute Gasteiger partial charge is 0.349 e. The van der Waals surface area contributed by atoms with Crippen molar-refractivity contribution in [3.63, 3.8) is 0 Å². The number of nitrogens with one attached hydrogen (secondary N) is 1. The van der Waals surface area contributed by atoms with Gasteiger partial charge in [0, 0.05) is 18.6 Å². The Labute approximate surface area is 82.1 Å². The summed E-state index contributed by atoms with van der Waals surface area (Å²) in [6, 6.07) is 3.65. The van der Waals surface area contributed by atoms with Gasteiger partial charge in [-0.3, -0.25) is 9.78 Å². The molecule has 0 saturated heterocycles. The van der Waals surface area contributed by atoms with Crippen LogP contribution in [0.2, 0.25) is 0 Å². The number of pyridine rings is 1. The monoisotopic (exact) mass is 198 g/mol. The summed E-state index contributed by atoms with van der Waals surface area (Å²) >= 11 is 5.44. The molecule has 4 heteroatoms. The van der Waals surface area contributed by atoms with Crippen LogP contribution in [0.15, 0.2) is 18.3 Å². The fourth-order valence-corrected chi connectivity index (χ4v) is 1.06. The van der Waals surface area contributed by atoms with E-state index >= 15 is 0 Å². The highest BCUT2D eigenvalue weighted by Crippen LogP contribution is 2.02. The lowest BCUT2D eigenvalue weighted by Gasteiger charge is -2.03. The second-order valence-electron chi connectivity index (χ2n) is 2.61. The minimum Gasteiger partial charge on any atom is -0.349 e. The van der Waals surface area contributed by atoms with Gasteiger partial charge in [0.1, 0.15) is 5.69 Å². The van der Waals surface area contributed by atoms with E-state index in [4.69, 9.17) is 11.6 Å². The summed E-state index contributed by atoms with van der Waals surface area (Å²) in [7, 11) is 0. The first kappa shape index (κ1) is 9.99. The lowest BCUT2D eigenvalue weighted by Crippen LogP contribution is -2.26. The lowest BCUT2D eigenvalue weighted by molar-refractivity contribution is 0.0950. The Morgan fingerprint density at radius 3 is 3.08 bits per heavy atom. The Bertz CT molecular complexity index is 301. The lowest BCUT2D eigenvalue weighted by atomic mass is 10.2. The third-order valence-electron chi connectivity index (χ3n) is 1.60. The molecular weight excluding hydrogens is 188 g/mol. The van der Waals surface area contributed by atoms with Crippen LogP contribution in [0.5, 0.6) is 0 Å². The predicted octanol–water partition coefficient (Wildman–Crippen LogP) is 1.36. The van der Waals surface area contributed by atoms with Gasteiger partial charge in [-0.25, -0.2) is 0 Å². The number of carbonyl (C=O) groups is 1. The minimum absolute atomic E-state index is 0.168. The number of carbonyl (C=O) groups excluding carboxylic acids is 1. The number of nitrogens with zero attached hydrogens (tertiary/aromatic N) is 1. The van der Waals surface area contributed by atoms with Crippen LogP contribution in [-0.4, -0.2) is 23.3 Å². The van der Waals surface area contributed by atoms with E-state index in [2.05, 4.69) is 10.3 Å². The molecule has 0 saturated carbocycles. The summed E-state index contributed by atoms with van der Waals surface area (Å²) in [6.45, 7) is 2.32. The number of aryl methyl sites for hydroxylation is 1. The molecule has 0 unspecified atom stereocenters. The molecule has 1 aromatic heterocycles. The van der Waals surface area contributed by atoms with Gasteiger partial charge in [0.2, 0.25) is 0 Å². The highest BCUT2D eigenvalue weighted by molar-refractivity contribution is 6.18. The molecule has 0 aliphatic heterocycles. The average Bonchev–Trinajstić information content (AvgIpc) is 2.15. The van der Waals surface area contributed by atoms with E-state index < -0.39 is 0 Å². The summed E-state index contributed by atoms with van der Waals surface area (Å²) in [5.74, 6) is 0.246. The molecule has 0 aliphatic carbocycles. The van der Waals surface area contributed by atoms with Gasteiger partial charge in [0.15, 0.2) is 0 Å². The van der Waals surface area contributed by atoms with Crippen molar-refractivity contribution >= 4 is 17.5 Å². The molecule has 0 bridgehead atoms. The van der Waals surface area contributed by atoms with Crippen LogP contribution < -0.4 is 5.32 Å². The van der Waals surface area contributed by atoms with E-state index in [9.17, 15) is 4.79 Å². The second kappa shape index (κ2) is 4.82. The van der Waals surface area contributed by atoms with Gasteiger partial charge in [0.05, 0.1) is 0 Å². The molecule has 1 rings (SSSR count). The van der Waals surface area contributed by atoms with Crippen LogP contribution in [0, 0.1) is 6.92 Å². The number of rotatable bonds is 3. The topological polar surface area (TPSA) is 42.0 Å². The van der Waals surface area contributed by atoms with Gasteiger partial charge in [-0.1, -0.05) is 6.07 Å². The van der Waals surface area contributed by atoms with Gasteiger partial charge >= 0.3 is 0 Å². The van der Waals surface area contributed by atoms with Crippen LogP contribution in [0.3, 0.4) is 0 Å². The fourth-order valence-electron chi connectivity index (χ4n) is 0.968. The third-order valence-corrected chi connectivity index (χ3v) is 1.79. The zero-order chi connectivity index (χ0) is 9.68. The molecule has 70 valence electrons. The molecule has 1 N–H and O–H groups in total. The molecule has 0 aromatic carbocycles. The van der Waals surface area contributed by atoms with Crippen molar-refractivity contribution in [2.75, 3.05) is 12.4 Å². The fraction of sp³-hybridized carbons (Fsp3) is 0.333. The zero-order valence-corrected chi connectivity index (χ0v) is 8.14. The molecule has 0 fully saturated rings. The van der Waals surface area contributed by atoms with Gasteiger partial charge in [-0.2, -0.15) is 0 Å². The van der Waals surface area contributed by atoms with Crippen LogP contribution >= 0.6 is 11.6 Å². The zero-order valence-electron chi connectivity index (χ0n) is 7.38. The van der Waals surface area contributed by atoms with Crippen LogP contribution in [0.4, 0.5) is 0 Å². The summed E-state index contributed by atoms with van der Waals surface area (Å²) in [5, 5.41) is 2.66. The van der Waals surface area contributed by atoms with Crippen LogP contribution in [0.25, 0.3) is 0 Å².